The minimum absolute atomic E-state index is 0.153. The molecule has 0 saturated carbocycles. The first-order chi connectivity index (χ1) is 16.1. The normalized spacial score (nSPS) is 15.0. The number of rotatable bonds is 2. The molecule has 4 aromatic rings. The van der Waals surface area contributed by atoms with Crippen LogP contribution in [0.1, 0.15) is 86.1 Å². The van der Waals surface area contributed by atoms with E-state index in [2.05, 4.69) is 114 Å². The molecular weight excluding hydrogens is 408 g/mol. The molecule has 0 fully saturated rings. The second kappa shape index (κ2) is 7.19. The molecule has 0 bridgehead atoms. The van der Waals surface area contributed by atoms with E-state index in [-0.39, 0.29) is 10.8 Å². The van der Waals surface area contributed by atoms with Gasteiger partial charge >= 0.3 is 0 Å². The van der Waals surface area contributed by atoms with Crippen molar-refractivity contribution in [2.24, 2.45) is 0 Å². The Bertz CT molecular complexity index is 1350. The average molecular weight is 443 g/mol. The van der Waals surface area contributed by atoms with Gasteiger partial charge in [-0.2, -0.15) is 0 Å². The third kappa shape index (κ3) is 3.19. The van der Waals surface area contributed by atoms with Crippen molar-refractivity contribution in [2.45, 2.75) is 65.2 Å². The van der Waals surface area contributed by atoms with Crippen LogP contribution < -0.4 is 0 Å². The zero-order valence-corrected chi connectivity index (χ0v) is 21.3. The molecule has 170 valence electrons. The van der Waals surface area contributed by atoms with Gasteiger partial charge in [0.1, 0.15) is 0 Å². The fourth-order valence-electron chi connectivity index (χ4n) is 5.89. The van der Waals surface area contributed by atoms with E-state index in [0.717, 1.165) is 0 Å². The van der Waals surface area contributed by atoms with Gasteiger partial charge in [0.2, 0.25) is 0 Å². The van der Waals surface area contributed by atoms with Crippen molar-refractivity contribution >= 4 is 21.9 Å². The van der Waals surface area contributed by atoms with Gasteiger partial charge in [-0.1, -0.05) is 114 Å². The highest BCUT2D eigenvalue weighted by atomic mass is 14.3. The summed E-state index contributed by atoms with van der Waals surface area (Å²) in [6.45, 7) is 13.7. The van der Waals surface area contributed by atoms with E-state index in [9.17, 15) is 0 Å². The summed E-state index contributed by atoms with van der Waals surface area (Å²) in [7, 11) is 0. The van der Waals surface area contributed by atoms with Gasteiger partial charge in [0, 0.05) is 0 Å². The molecule has 0 heterocycles. The average Bonchev–Trinajstić information content (AvgIpc) is 3.36. The van der Waals surface area contributed by atoms with Crippen LogP contribution in [-0.2, 0) is 23.7 Å². The molecule has 0 heteroatoms. The quantitative estimate of drug-likeness (QED) is 0.256. The molecule has 0 atom stereocenters. The predicted molar refractivity (Wildman–Crippen MR) is 147 cm³/mol. The zero-order chi connectivity index (χ0) is 23.8. The molecule has 2 aliphatic rings. The summed E-state index contributed by atoms with van der Waals surface area (Å²) in [6, 6.07) is 28.2. The van der Waals surface area contributed by atoms with Crippen LogP contribution in [0.15, 0.2) is 72.8 Å². The lowest BCUT2D eigenvalue weighted by atomic mass is 9.84. The molecule has 0 aromatic heterocycles. The topological polar surface area (TPSA) is 0 Å². The standard InChI is InChI=1S/C34H34/c1-33(2,3)25-15-9-23(10-16-25)30-27-19-13-21-7-8-22-14-20-28(32(27)29(21)22)31(30)24-11-17-26(18-12-24)34(4,5)6/h9-20H,7-8H2,1-6H3. The Labute approximate surface area is 204 Å². The third-order valence-corrected chi connectivity index (χ3v) is 7.86. The lowest BCUT2D eigenvalue weighted by molar-refractivity contribution is 0.590. The van der Waals surface area contributed by atoms with Crippen LogP contribution >= 0.6 is 0 Å². The zero-order valence-electron chi connectivity index (χ0n) is 21.3. The van der Waals surface area contributed by atoms with E-state index in [4.69, 9.17) is 0 Å². The van der Waals surface area contributed by atoms with E-state index in [1.165, 1.54) is 79.3 Å². The van der Waals surface area contributed by atoms with Gasteiger partial charge in [-0.15, -0.1) is 0 Å². The Balaban J connectivity index is 1.62. The predicted octanol–water partition coefficient (Wildman–Crippen LogP) is 8.85. The molecule has 4 aromatic carbocycles. The molecule has 34 heavy (non-hydrogen) atoms. The first-order valence-electron chi connectivity index (χ1n) is 12.7. The SMILES string of the molecule is CC(C)(C)c1ccc(C2=C(c3ccc(C(C)(C)C)cc3)c3ccc4c5c(ccc2c35)CC4)cc1. The maximum Gasteiger partial charge on any atom is -0.00201 e. The number of benzene rings is 4. The summed E-state index contributed by atoms with van der Waals surface area (Å²) in [4.78, 5) is 0. The van der Waals surface area contributed by atoms with E-state index in [0.29, 0.717) is 0 Å². The van der Waals surface area contributed by atoms with Crippen LogP contribution in [0, 0.1) is 0 Å². The van der Waals surface area contributed by atoms with Crippen LogP contribution in [0.25, 0.3) is 21.9 Å². The Morgan fingerprint density at radius 2 is 0.824 bits per heavy atom. The van der Waals surface area contributed by atoms with Crippen molar-refractivity contribution in [1.82, 2.24) is 0 Å². The van der Waals surface area contributed by atoms with E-state index in [1.54, 1.807) is 0 Å². The van der Waals surface area contributed by atoms with E-state index >= 15 is 0 Å². The summed E-state index contributed by atoms with van der Waals surface area (Å²) in [5, 5.41) is 2.98. The van der Waals surface area contributed by atoms with Crippen LogP contribution in [0.5, 0.6) is 0 Å². The highest BCUT2D eigenvalue weighted by Crippen LogP contribution is 2.50. The summed E-state index contributed by atoms with van der Waals surface area (Å²) in [5.41, 5.74) is 14.3. The molecule has 0 N–H and O–H groups in total. The summed E-state index contributed by atoms with van der Waals surface area (Å²) < 4.78 is 0. The van der Waals surface area contributed by atoms with Gasteiger partial charge < -0.3 is 0 Å². The number of hydrogen-bond acceptors (Lipinski definition) is 0. The lowest BCUT2D eigenvalue weighted by Crippen LogP contribution is -2.11. The molecule has 0 spiro atoms. The van der Waals surface area contributed by atoms with Crippen LogP contribution in [-0.4, -0.2) is 0 Å². The molecular formula is C34H34. The van der Waals surface area contributed by atoms with Gasteiger partial charge in [-0.05, 0) is 90.1 Å². The highest BCUT2D eigenvalue weighted by Gasteiger charge is 2.30. The largest absolute Gasteiger partial charge is 0.0579 e. The second-order valence-corrected chi connectivity index (χ2v) is 12.2. The first kappa shape index (κ1) is 21.4. The smallest absolute Gasteiger partial charge is 0.00201 e. The summed E-state index contributed by atoms with van der Waals surface area (Å²) >= 11 is 0. The Kier molecular flexibility index (Phi) is 4.53. The lowest BCUT2D eigenvalue weighted by Gasteiger charge is -2.20. The van der Waals surface area contributed by atoms with Crippen molar-refractivity contribution in [2.75, 3.05) is 0 Å². The molecule has 0 aliphatic heterocycles. The van der Waals surface area contributed by atoms with Gasteiger partial charge in [0.25, 0.3) is 0 Å². The highest BCUT2D eigenvalue weighted by molar-refractivity contribution is 6.21. The molecule has 6 rings (SSSR count). The maximum atomic E-state index is 2.39. The minimum atomic E-state index is 0.153. The Morgan fingerprint density at radius 1 is 0.441 bits per heavy atom. The van der Waals surface area contributed by atoms with Gasteiger partial charge in [-0.25, -0.2) is 0 Å². The van der Waals surface area contributed by atoms with Gasteiger partial charge in [0.05, 0.1) is 0 Å². The molecule has 0 nitrogen and oxygen atoms in total. The van der Waals surface area contributed by atoms with E-state index < -0.39 is 0 Å². The van der Waals surface area contributed by atoms with Gasteiger partial charge in [-0.3, -0.25) is 0 Å². The van der Waals surface area contributed by atoms with Crippen LogP contribution in [0.3, 0.4) is 0 Å². The second-order valence-electron chi connectivity index (χ2n) is 12.2. The van der Waals surface area contributed by atoms with Crippen molar-refractivity contribution in [1.29, 1.82) is 0 Å². The molecule has 0 radical (unpaired) electrons. The Hall–Kier alpha value is -3.12. The fraction of sp³-hybridized carbons (Fsp3) is 0.294. The molecule has 0 unspecified atom stereocenters. The van der Waals surface area contributed by atoms with Crippen LogP contribution in [0.4, 0.5) is 0 Å². The first-order valence-corrected chi connectivity index (χ1v) is 12.7. The van der Waals surface area contributed by atoms with E-state index in [1.807, 2.05) is 0 Å². The summed E-state index contributed by atoms with van der Waals surface area (Å²) in [5.74, 6) is 0. The monoisotopic (exact) mass is 442 g/mol. The van der Waals surface area contributed by atoms with Crippen molar-refractivity contribution in [3.63, 3.8) is 0 Å². The Morgan fingerprint density at radius 3 is 1.18 bits per heavy atom. The van der Waals surface area contributed by atoms with Crippen molar-refractivity contribution in [3.05, 3.63) is 117 Å². The third-order valence-electron chi connectivity index (χ3n) is 7.86. The number of hydrogen-bond donors (Lipinski definition) is 0. The molecule has 2 aliphatic carbocycles. The van der Waals surface area contributed by atoms with Crippen LogP contribution in [0.2, 0.25) is 0 Å². The maximum absolute atomic E-state index is 2.39. The molecule has 0 amide bonds. The fourth-order valence-corrected chi connectivity index (χ4v) is 5.89. The van der Waals surface area contributed by atoms with Gasteiger partial charge in [0.15, 0.2) is 0 Å². The number of aryl methyl sites for hydroxylation is 2. The van der Waals surface area contributed by atoms with Crippen molar-refractivity contribution in [3.8, 4) is 0 Å². The minimum Gasteiger partial charge on any atom is -0.0579 e. The van der Waals surface area contributed by atoms with Crippen molar-refractivity contribution < 1.29 is 0 Å². The summed E-state index contributed by atoms with van der Waals surface area (Å²) in [6.07, 6.45) is 2.33. The molecule has 0 saturated heterocycles.